The zero-order chi connectivity index (χ0) is 14.2. The summed E-state index contributed by atoms with van der Waals surface area (Å²) >= 11 is 5.97. The number of hydrogen-bond donors (Lipinski definition) is 2. The van der Waals surface area contributed by atoms with E-state index in [2.05, 4.69) is 5.32 Å². The van der Waals surface area contributed by atoms with E-state index < -0.39 is 0 Å². The van der Waals surface area contributed by atoms with E-state index in [1.54, 1.807) is 0 Å². The van der Waals surface area contributed by atoms with Crippen molar-refractivity contribution in [2.24, 2.45) is 0 Å². The highest BCUT2D eigenvalue weighted by atomic mass is 35.5. The Morgan fingerprint density at radius 2 is 2.00 bits per heavy atom. The predicted octanol–water partition coefficient (Wildman–Crippen LogP) is 3.85. The van der Waals surface area contributed by atoms with Crippen LogP contribution in [0, 0.1) is 0 Å². The Morgan fingerprint density at radius 3 is 2.80 bits per heavy atom. The van der Waals surface area contributed by atoms with Gasteiger partial charge in [0.1, 0.15) is 11.5 Å². The summed E-state index contributed by atoms with van der Waals surface area (Å²) in [5.41, 5.74) is 0.992. The minimum absolute atomic E-state index is 0.279. The van der Waals surface area contributed by atoms with Crippen LogP contribution in [0.25, 0.3) is 11.3 Å². The molecule has 1 heterocycles. The summed E-state index contributed by atoms with van der Waals surface area (Å²) in [6, 6.07) is 11.6. The third kappa shape index (κ3) is 4.67. The summed E-state index contributed by atoms with van der Waals surface area (Å²) in [7, 11) is 0. The van der Waals surface area contributed by atoms with Crippen LogP contribution in [0.5, 0.6) is 0 Å². The number of unbranched alkanes of at least 4 members (excludes halogenated alkanes) is 2. The van der Waals surface area contributed by atoms with Gasteiger partial charge in [0.2, 0.25) is 0 Å². The van der Waals surface area contributed by atoms with Crippen LogP contribution in [0.3, 0.4) is 0 Å². The van der Waals surface area contributed by atoms with Crippen molar-refractivity contribution in [3.8, 4) is 11.3 Å². The molecular weight excluding hydrogens is 274 g/mol. The lowest BCUT2D eigenvalue weighted by molar-refractivity contribution is 0.282. The van der Waals surface area contributed by atoms with Gasteiger partial charge in [-0.2, -0.15) is 0 Å². The molecule has 1 aromatic heterocycles. The van der Waals surface area contributed by atoms with Gasteiger partial charge in [-0.25, -0.2) is 0 Å². The summed E-state index contributed by atoms with van der Waals surface area (Å²) in [6.07, 6.45) is 3.00. The van der Waals surface area contributed by atoms with Gasteiger partial charge in [-0.15, -0.1) is 0 Å². The molecule has 1 aromatic carbocycles. The standard InChI is InChI=1S/C16H20ClNO2/c17-14-6-4-5-13(11-14)16-8-7-15(20-16)12-18-9-2-1-3-10-19/h4-8,11,18-19H,1-3,9-10,12H2. The molecule has 4 heteroatoms. The van der Waals surface area contributed by atoms with Gasteiger partial charge in [0.05, 0.1) is 6.54 Å². The maximum absolute atomic E-state index is 8.69. The lowest BCUT2D eigenvalue weighted by atomic mass is 10.2. The Labute approximate surface area is 124 Å². The number of halogens is 1. The van der Waals surface area contributed by atoms with Gasteiger partial charge in [-0.3, -0.25) is 0 Å². The molecule has 0 amide bonds. The Hall–Kier alpha value is -1.29. The van der Waals surface area contributed by atoms with Gasteiger partial charge < -0.3 is 14.8 Å². The van der Waals surface area contributed by atoms with Crippen molar-refractivity contribution in [3.63, 3.8) is 0 Å². The highest BCUT2D eigenvalue weighted by molar-refractivity contribution is 6.30. The average Bonchev–Trinajstić information content (AvgIpc) is 2.91. The van der Waals surface area contributed by atoms with Crippen LogP contribution in [-0.2, 0) is 6.54 Å². The average molecular weight is 294 g/mol. The zero-order valence-electron chi connectivity index (χ0n) is 11.4. The van der Waals surface area contributed by atoms with E-state index in [0.717, 1.165) is 49.4 Å². The fourth-order valence-corrected chi connectivity index (χ4v) is 2.21. The number of hydrogen-bond acceptors (Lipinski definition) is 3. The van der Waals surface area contributed by atoms with Gasteiger partial charge in [0.15, 0.2) is 0 Å². The molecule has 20 heavy (non-hydrogen) atoms. The van der Waals surface area contributed by atoms with Gasteiger partial charge in [-0.1, -0.05) is 23.7 Å². The van der Waals surface area contributed by atoms with Crippen molar-refractivity contribution in [2.45, 2.75) is 25.8 Å². The molecule has 0 saturated heterocycles. The van der Waals surface area contributed by atoms with E-state index in [1.807, 2.05) is 36.4 Å². The molecule has 0 aliphatic carbocycles. The molecule has 0 saturated carbocycles. The number of furan rings is 1. The van der Waals surface area contributed by atoms with E-state index in [4.69, 9.17) is 21.1 Å². The van der Waals surface area contributed by atoms with Gasteiger partial charge in [-0.05, 0) is 50.1 Å². The first kappa shape index (κ1) is 15.1. The Balaban J connectivity index is 1.80. The van der Waals surface area contributed by atoms with Crippen molar-refractivity contribution >= 4 is 11.6 Å². The first-order chi connectivity index (χ1) is 9.79. The summed E-state index contributed by atoms with van der Waals surface area (Å²) in [4.78, 5) is 0. The third-order valence-corrected chi connectivity index (χ3v) is 3.32. The van der Waals surface area contributed by atoms with Crippen LogP contribution in [0.1, 0.15) is 25.0 Å². The number of benzene rings is 1. The second-order valence-corrected chi connectivity index (χ2v) is 5.17. The molecule has 2 rings (SSSR count). The van der Waals surface area contributed by atoms with Crippen LogP contribution in [0.4, 0.5) is 0 Å². The van der Waals surface area contributed by atoms with Gasteiger partial charge in [0.25, 0.3) is 0 Å². The van der Waals surface area contributed by atoms with E-state index in [-0.39, 0.29) is 6.61 Å². The second kappa shape index (κ2) is 8.10. The molecule has 0 aliphatic heterocycles. The fourth-order valence-electron chi connectivity index (χ4n) is 2.02. The lowest BCUT2D eigenvalue weighted by Gasteiger charge is -2.02. The molecule has 0 radical (unpaired) electrons. The van der Waals surface area contributed by atoms with Crippen LogP contribution in [0.2, 0.25) is 5.02 Å². The number of rotatable bonds is 8. The molecule has 0 unspecified atom stereocenters. The van der Waals surface area contributed by atoms with E-state index in [9.17, 15) is 0 Å². The fraction of sp³-hybridized carbons (Fsp3) is 0.375. The summed E-state index contributed by atoms with van der Waals surface area (Å²) < 4.78 is 5.79. The van der Waals surface area contributed by atoms with E-state index in [0.29, 0.717) is 5.02 Å². The zero-order valence-corrected chi connectivity index (χ0v) is 12.2. The van der Waals surface area contributed by atoms with E-state index in [1.165, 1.54) is 0 Å². The number of nitrogens with one attached hydrogen (secondary N) is 1. The Bertz CT molecular complexity index is 525. The smallest absolute Gasteiger partial charge is 0.134 e. The molecular formula is C16H20ClNO2. The van der Waals surface area contributed by atoms with Crippen LogP contribution < -0.4 is 5.32 Å². The Morgan fingerprint density at radius 1 is 1.10 bits per heavy atom. The highest BCUT2D eigenvalue weighted by Crippen LogP contribution is 2.24. The van der Waals surface area contributed by atoms with Crippen LogP contribution in [-0.4, -0.2) is 18.3 Å². The summed E-state index contributed by atoms with van der Waals surface area (Å²) in [5, 5.41) is 12.7. The topological polar surface area (TPSA) is 45.4 Å². The molecule has 0 fully saturated rings. The second-order valence-electron chi connectivity index (χ2n) is 4.74. The predicted molar refractivity (Wildman–Crippen MR) is 81.8 cm³/mol. The third-order valence-electron chi connectivity index (χ3n) is 3.08. The SMILES string of the molecule is OCCCCCNCc1ccc(-c2cccc(Cl)c2)o1. The van der Waals surface area contributed by atoms with Crippen molar-refractivity contribution in [1.29, 1.82) is 0 Å². The summed E-state index contributed by atoms with van der Waals surface area (Å²) in [5.74, 6) is 1.76. The maximum atomic E-state index is 8.69. The van der Waals surface area contributed by atoms with E-state index >= 15 is 0 Å². The van der Waals surface area contributed by atoms with Crippen molar-refractivity contribution in [2.75, 3.05) is 13.2 Å². The molecule has 0 aliphatic rings. The minimum atomic E-state index is 0.279. The first-order valence-corrected chi connectivity index (χ1v) is 7.33. The van der Waals surface area contributed by atoms with Crippen molar-refractivity contribution in [3.05, 3.63) is 47.2 Å². The highest BCUT2D eigenvalue weighted by Gasteiger charge is 2.04. The largest absolute Gasteiger partial charge is 0.460 e. The minimum Gasteiger partial charge on any atom is -0.460 e. The molecule has 2 aromatic rings. The molecule has 0 atom stereocenters. The normalized spacial score (nSPS) is 10.9. The first-order valence-electron chi connectivity index (χ1n) is 6.96. The monoisotopic (exact) mass is 293 g/mol. The van der Waals surface area contributed by atoms with Crippen molar-refractivity contribution < 1.29 is 9.52 Å². The molecule has 0 bridgehead atoms. The van der Waals surface area contributed by atoms with Gasteiger partial charge in [0, 0.05) is 17.2 Å². The number of aliphatic hydroxyl groups is 1. The van der Waals surface area contributed by atoms with Crippen LogP contribution >= 0.6 is 11.6 Å². The molecule has 108 valence electrons. The van der Waals surface area contributed by atoms with Crippen LogP contribution in [0.15, 0.2) is 40.8 Å². The Kier molecular flexibility index (Phi) is 6.12. The maximum Gasteiger partial charge on any atom is 0.134 e. The lowest BCUT2D eigenvalue weighted by Crippen LogP contribution is -2.14. The molecule has 3 nitrogen and oxygen atoms in total. The molecule has 2 N–H and O–H groups in total. The van der Waals surface area contributed by atoms with Gasteiger partial charge >= 0.3 is 0 Å². The van der Waals surface area contributed by atoms with Crippen molar-refractivity contribution in [1.82, 2.24) is 5.32 Å². The number of aliphatic hydroxyl groups excluding tert-OH is 1. The molecule has 0 spiro atoms. The quantitative estimate of drug-likeness (QED) is 0.727. The summed E-state index contributed by atoms with van der Waals surface area (Å²) in [6.45, 7) is 1.94.